The summed E-state index contributed by atoms with van der Waals surface area (Å²) in [5.74, 6) is -0.850. The predicted octanol–water partition coefficient (Wildman–Crippen LogP) is 0.298. The van der Waals surface area contributed by atoms with Crippen LogP contribution in [-0.4, -0.2) is 51.7 Å². The predicted molar refractivity (Wildman–Crippen MR) is 81.1 cm³/mol. The van der Waals surface area contributed by atoms with Crippen LogP contribution in [0.2, 0.25) is 0 Å². The molecule has 7 heteroatoms. The molecule has 0 atom stereocenters. The maximum atomic E-state index is 12.7. The van der Waals surface area contributed by atoms with Gasteiger partial charge >= 0.3 is 0 Å². The molecule has 0 aliphatic heterocycles. The number of methoxy groups -OCH3 is 1. The van der Waals surface area contributed by atoms with Crippen molar-refractivity contribution in [1.82, 2.24) is 16.0 Å². The highest BCUT2D eigenvalue weighted by Gasteiger charge is 2.06. The minimum atomic E-state index is -0.393. The van der Waals surface area contributed by atoms with Crippen LogP contribution < -0.4 is 16.0 Å². The van der Waals surface area contributed by atoms with Gasteiger partial charge in [0.1, 0.15) is 5.82 Å². The molecule has 22 heavy (non-hydrogen) atoms. The minimum absolute atomic E-state index is 0.132. The van der Waals surface area contributed by atoms with Crippen LogP contribution in [0.3, 0.4) is 0 Å². The van der Waals surface area contributed by atoms with E-state index in [4.69, 9.17) is 4.74 Å². The van der Waals surface area contributed by atoms with E-state index in [-0.39, 0.29) is 24.8 Å². The van der Waals surface area contributed by atoms with Gasteiger partial charge in [-0.1, -0.05) is 0 Å². The molecule has 0 unspecified atom stereocenters. The summed E-state index contributed by atoms with van der Waals surface area (Å²) in [7, 11) is 1.63. The molecule has 0 bridgehead atoms. The SMILES string of the molecule is COCCNCCNC(=O)CCNC(=O)c1ccc(F)cc1. The second kappa shape index (κ2) is 10.7. The minimum Gasteiger partial charge on any atom is -0.383 e. The average molecular weight is 311 g/mol. The van der Waals surface area contributed by atoms with Crippen LogP contribution in [0.1, 0.15) is 16.8 Å². The van der Waals surface area contributed by atoms with Crippen molar-refractivity contribution < 1.29 is 18.7 Å². The zero-order valence-electron chi connectivity index (χ0n) is 12.7. The molecular weight excluding hydrogens is 289 g/mol. The van der Waals surface area contributed by atoms with Gasteiger partial charge in [0.15, 0.2) is 0 Å². The van der Waals surface area contributed by atoms with E-state index < -0.39 is 5.82 Å². The standard InChI is InChI=1S/C15H22FN3O3/c1-22-11-10-17-8-9-18-14(20)6-7-19-15(21)12-2-4-13(16)5-3-12/h2-5,17H,6-11H2,1H3,(H,18,20)(H,19,21). The molecule has 1 aromatic carbocycles. The fourth-order valence-corrected chi connectivity index (χ4v) is 1.67. The van der Waals surface area contributed by atoms with E-state index in [1.165, 1.54) is 24.3 Å². The van der Waals surface area contributed by atoms with Crippen LogP contribution in [0.15, 0.2) is 24.3 Å². The van der Waals surface area contributed by atoms with Crippen molar-refractivity contribution in [3.8, 4) is 0 Å². The third kappa shape index (κ3) is 7.70. The van der Waals surface area contributed by atoms with Gasteiger partial charge in [-0.25, -0.2) is 4.39 Å². The van der Waals surface area contributed by atoms with Crippen molar-refractivity contribution in [3.05, 3.63) is 35.6 Å². The van der Waals surface area contributed by atoms with Gasteiger partial charge in [-0.2, -0.15) is 0 Å². The lowest BCUT2D eigenvalue weighted by Gasteiger charge is -2.07. The number of ether oxygens (including phenoxy) is 1. The molecule has 0 saturated heterocycles. The topological polar surface area (TPSA) is 79.5 Å². The first-order valence-electron chi connectivity index (χ1n) is 7.13. The lowest BCUT2D eigenvalue weighted by atomic mass is 10.2. The number of benzene rings is 1. The van der Waals surface area contributed by atoms with E-state index in [1.807, 2.05) is 0 Å². The van der Waals surface area contributed by atoms with Gasteiger partial charge in [0.05, 0.1) is 6.61 Å². The van der Waals surface area contributed by atoms with Crippen LogP contribution in [0.25, 0.3) is 0 Å². The molecule has 0 aliphatic rings. The fraction of sp³-hybridized carbons (Fsp3) is 0.467. The van der Waals surface area contributed by atoms with Crippen molar-refractivity contribution in [2.75, 3.05) is 39.9 Å². The molecule has 0 aliphatic carbocycles. The van der Waals surface area contributed by atoms with Crippen molar-refractivity contribution in [2.45, 2.75) is 6.42 Å². The maximum Gasteiger partial charge on any atom is 0.251 e. The first kappa shape index (κ1) is 18.1. The highest BCUT2D eigenvalue weighted by molar-refractivity contribution is 5.94. The van der Waals surface area contributed by atoms with E-state index in [0.29, 0.717) is 25.3 Å². The summed E-state index contributed by atoms with van der Waals surface area (Å²) in [6.07, 6.45) is 0.199. The number of hydrogen-bond donors (Lipinski definition) is 3. The number of carbonyl (C=O) groups is 2. The molecule has 0 heterocycles. The van der Waals surface area contributed by atoms with Crippen LogP contribution in [0.5, 0.6) is 0 Å². The molecule has 1 aromatic rings. The van der Waals surface area contributed by atoms with Gasteiger partial charge < -0.3 is 20.7 Å². The molecule has 6 nitrogen and oxygen atoms in total. The zero-order valence-corrected chi connectivity index (χ0v) is 12.7. The Morgan fingerprint density at radius 2 is 1.77 bits per heavy atom. The Hall–Kier alpha value is -1.99. The Bertz CT molecular complexity index is 466. The summed E-state index contributed by atoms with van der Waals surface area (Å²) in [6, 6.07) is 5.24. The lowest BCUT2D eigenvalue weighted by Crippen LogP contribution is -2.35. The summed E-state index contributed by atoms with van der Waals surface area (Å²) in [5.41, 5.74) is 0.365. The quantitative estimate of drug-likeness (QED) is 0.543. The first-order valence-corrected chi connectivity index (χ1v) is 7.13. The smallest absolute Gasteiger partial charge is 0.251 e. The summed E-state index contributed by atoms with van der Waals surface area (Å²) in [6.45, 7) is 2.79. The first-order chi connectivity index (χ1) is 10.6. The van der Waals surface area contributed by atoms with Gasteiger partial charge in [0.25, 0.3) is 5.91 Å². The molecule has 0 radical (unpaired) electrons. The summed E-state index contributed by atoms with van der Waals surface area (Å²) >= 11 is 0. The monoisotopic (exact) mass is 311 g/mol. The number of nitrogens with one attached hydrogen (secondary N) is 3. The zero-order chi connectivity index (χ0) is 16.2. The summed E-state index contributed by atoms with van der Waals surface area (Å²) in [5, 5.41) is 8.45. The van der Waals surface area contributed by atoms with E-state index >= 15 is 0 Å². The van der Waals surface area contributed by atoms with Crippen molar-refractivity contribution in [1.29, 1.82) is 0 Å². The molecule has 2 amide bonds. The highest BCUT2D eigenvalue weighted by Crippen LogP contribution is 2.02. The van der Waals surface area contributed by atoms with Crippen LogP contribution in [-0.2, 0) is 9.53 Å². The molecule has 0 spiro atoms. The fourth-order valence-electron chi connectivity index (χ4n) is 1.67. The highest BCUT2D eigenvalue weighted by atomic mass is 19.1. The average Bonchev–Trinajstić information content (AvgIpc) is 2.51. The number of hydrogen-bond acceptors (Lipinski definition) is 4. The number of carbonyl (C=O) groups excluding carboxylic acids is 2. The maximum absolute atomic E-state index is 12.7. The molecule has 1 rings (SSSR count). The van der Waals surface area contributed by atoms with Crippen molar-refractivity contribution >= 4 is 11.8 Å². The van der Waals surface area contributed by atoms with Crippen LogP contribution in [0.4, 0.5) is 4.39 Å². The Balaban J connectivity index is 2.09. The van der Waals surface area contributed by atoms with Crippen LogP contribution in [0, 0.1) is 5.82 Å². The lowest BCUT2D eigenvalue weighted by molar-refractivity contribution is -0.120. The third-order valence-electron chi connectivity index (χ3n) is 2.85. The molecule has 122 valence electrons. The van der Waals surface area contributed by atoms with E-state index in [2.05, 4.69) is 16.0 Å². The van der Waals surface area contributed by atoms with Gasteiger partial charge in [-0.05, 0) is 24.3 Å². The van der Waals surface area contributed by atoms with Gasteiger partial charge in [-0.3, -0.25) is 9.59 Å². The Morgan fingerprint density at radius 3 is 2.45 bits per heavy atom. The summed E-state index contributed by atoms with van der Waals surface area (Å²) in [4.78, 5) is 23.2. The second-order valence-corrected chi connectivity index (χ2v) is 4.61. The molecule has 3 N–H and O–H groups in total. The molecule has 0 saturated carbocycles. The second-order valence-electron chi connectivity index (χ2n) is 4.61. The molecule has 0 fully saturated rings. The largest absolute Gasteiger partial charge is 0.383 e. The van der Waals surface area contributed by atoms with E-state index in [0.717, 1.165) is 6.54 Å². The number of amides is 2. The molecular formula is C15H22FN3O3. The Labute approximate surface area is 129 Å². The number of rotatable bonds is 10. The van der Waals surface area contributed by atoms with Gasteiger partial charge in [0.2, 0.25) is 5.91 Å². The summed E-state index contributed by atoms with van der Waals surface area (Å²) < 4.78 is 17.6. The van der Waals surface area contributed by atoms with Gasteiger partial charge in [0, 0.05) is 45.3 Å². The Morgan fingerprint density at radius 1 is 1.05 bits per heavy atom. The molecule has 0 aromatic heterocycles. The van der Waals surface area contributed by atoms with E-state index in [1.54, 1.807) is 7.11 Å². The van der Waals surface area contributed by atoms with Crippen LogP contribution >= 0.6 is 0 Å². The normalized spacial score (nSPS) is 10.3. The third-order valence-corrected chi connectivity index (χ3v) is 2.85. The number of halogens is 1. The van der Waals surface area contributed by atoms with Crippen molar-refractivity contribution in [2.24, 2.45) is 0 Å². The van der Waals surface area contributed by atoms with Crippen molar-refractivity contribution in [3.63, 3.8) is 0 Å². The Kier molecular flexibility index (Phi) is 8.78. The van der Waals surface area contributed by atoms with Gasteiger partial charge in [-0.15, -0.1) is 0 Å². The van der Waals surface area contributed by atoms with E-state index in [9.17, 15) is 14.0 Å².